The monoisotopic (exact) mass is 129 g/mol. The first-order chi connectivity index (χ1) is 4.20. The van der Waals surface area contributed by atoms with Gasteiger partial charge in [0.2, 0.25) is 0 Å². The molecule has 0 aromatic heterocycles. The maximum Gasteiger partial charge on any atom is 0.0693 e. The molecule has 0 radical (unpaired) electrons. The lowest BCUT2D eigenvalue weighted by Crippen LogP contribution is -2.50. The predicted molar refractivity (Wildman–Crippen MR) is 37.3 cm³/mol. The van der Waals surface area contributed by atoms with Gasteiger partial charge in [0.1, 0.15) is 0 Å². The van der Waals surface area contributed by atoms with Gasteiger partial charge in [-0.1, -0.05) is 13.8 Å². The van der Waals surface area contributed by atoms with Gasteiger partial charge in [-0.3, -0.25) is 0 Å². The second-order valence-corrected chi connectivity index (χ2v) is 3.07. The second-order valence-electron chi connectivity index (χ2n) is 3.07. The van der Waals surface area contributed by atoms with Gasteiger partial charge in [-0.05, 0) is 12.8 Å². The molecular formula is C7H15NO. The van der Waals surface area contributed by atoms with Crippen LogP contribution in [-0.4, -0.2) is 23.3 Å². The first-order valence-corrected chi connectivity index (χ1v) is 3.64. The van der Waals surface area contributed by atoms with Crippen LogP contribution in [0, 0.1) is 0 Å². The highest BCUT2D eigenvalue weighted by Crippen LogP contribution is 2.19. The van der Waals surface area contributed by atoms with Crippen LogP contribution in [0.2, 0.25) is 0 Å². The fourth-order valence-corrected chi connectivity index (χ4v) is 1.10. The minimum absolute atomic E-state index is 0.0765. The van der Waals surface area contributed by atoms with E-state index in [9.17, 15) is 0 Å². The Kier molecular flexibility index (Phi) is 2.09. The SMILES string of the molecule is CC(C)NC1CCC1O. The number of hydrogen-bond acceptors (Lipinski definition) is 2. The third kappa shape index (κ3) is 1.66. The molecule has 1 aliphatic rings. The molecular weight excluding hydrogens is 114 g/mol. The van der Waals surface area contributed by atoms with E-state index in [0.717, 1.165) is 12.8 Å². The zero-order valence-electron chi connectivity index (χ0n) is 6.09. The molecule has 0 heterocycles. The van der Waals surface area contributed by atoms with Crippen molar-refractivity contribution in [2.24, 2.45) is 0 Å². The van der Waals surface area contributed by atoms with Gasteiger partial charge in [0, 0.05) is 12.1 Å². The molecule has 9 heavy (non-hydrogen) atoms. The van der Waals surface area contributed by atoms with E-state index in [2.05, 4.69) is 19.2 Å². The van der Waals surface area contributed by atoms with Crippen molar-refractivity contribution in [2.75, 3.05) is 0 Å². The third-order valence-electron chi connectivity index (χ3n) is 1.79. The first-order valence-electron chi connectivity index (χ1n) is 3.64. The number of aliphatic hydroxyl groups excluding tert-OH is 1. The Bertz CT molecular complexity index is 92.9. The van der Waals surface area contributed by atoms with Crippen molar-refractivity contribution in [1.29, 1.82) is 0 Å². The molecule has 1 saturated carbocycles. The lowest BCUT2D eigenvalue weighted by molar-refractivity contribution is 0.0461. The van der Waals surface area contributed by atoms with Crippen LogP contribution in [-0.2, 0) is 0 Å². The van der Waals surface area contributed by atoms with Gasteiger partial charge in [-0.15, -0.1) is 0 Å². The summed E-state index contributed by atoms with van der Waals surface area (Å²) in [4.78, 5) is 0. The molecule has 0 amide bonds. The summed E-state index contributed by atoms with van der Waals surface area (Å²) in [6.07, 6.45) is 2.04. The Morgan fingerprint density at radius 2 is 2.11 bits per heavy atom. The van der Waals surface area contributed by atoms with Crippen LogP contribution >= 0.6 is 0 Å². The average molecular weight is 129 g/mol. The number of nitrogens with one attached hydrogen (secondary N) is 1. The van der Waals surface area contributed by atoms with Crippen LogP contribution in [0.3, 0.4) is 0 Å². The van der Waals surface area contributed by atoms with Crippen molar-refractivity contribution in [3.05, 3.63) is 0 Å². The van der Waals surface area contributed by atoms with E-state index in [-0.39, 0.29) is 6.10 Å². The van der Waals surface area contributed by atoms with Crippen molar-refractivity contribution < 1.29 is 5.11 Å². The Morgan fingerprint density at radius 3 is 2.22 bits per heavy atom. The minimum Gasteiger partial charge on any atom is -0.392 e. The Morgan fingerprint density at radius 1 is 1.44 bits per heavy atom. The summed E-state index contributed by atoms with van der Waals surface area (Å²) in [6, 6.07) is 0.884. The number of aliphatic hydroxyl groups is 1. The third-order valence-corrected chi connectivity index (χ3v) is 1.79. The molecule has 0 bridgehead atoms. The summed E-state index contributed by atoms with van der Waals surface area (Å²) in [7, 11) is 0. The Balaban J connectivity index is 2.13. The van der Waals surface area contributed by atoms with Crippen molar-refractivity contribution in [1.82, 2.24) is 5.32 Å². The largest absolute Gasteiger partial charge is 0.392 e. The molecule has 0 spiro atoms. The molecule has 1 aliphatic carbocycles. The van der Waals surface area contributed by atoms with Crippen molar-refractivity contribution in [3.63, 3.8) is 0 Å². The lowest BCUT2D eigenvalue weighted by atomic mass is 9.89. The Labute approximate surface area is 56.3 Å². The van der Waals surface area contributed by atoms with Gasteiger partial charge in [-0.25, -0.2) is 0 Å². The summed E-state index contributed by atoms with van der Waals surface area (Å²) < 4.78 is 0. The highest BCUT2D eigenvalue weighted by molar-refractivity contribution is 4.86. The maximum atomic E-state index is 9.09. The van der Waals surface area contributed by atoms with Crippen molar-refractivity contribution >= 4 is 0 Å². The van der Waals surface area contributed by atoms with E-state index >= 15 is 0 Å². The van der Waals surface area contributed by atoms with Crippen LogP contribution in [0.15, 0.2) is 0 Å². The van der Waals surface area contributed by atoms with E-state index in [0.29, 0.717) is 12.1 Å². The smallest absolute Gasteiger partial charge is 0.0693 e. The molecule has 0 aliphatic heterocycles. The van der Waals surface area contributed by atoms with Crippen LogP contribution in [0.4, 0.5) is 0 Å². The lowest BCUT2D eigenvalue weighted by Gasteiger charge is -2.34. The summed E-state index contributed by atoms with van der Waals surface area (Å²) in [5, 5.41) is 12.4. The maximum absolute atomic E-state index is 9.09. The molecule has 2 nitrogen and oxygen atoms in total. The molecule has 0 aromatic rings. The molecule has 0 saturated heterocycles. The molecule has 1 rings (SSSR count). The zero-order valence-corrected chi connectivity index (χ0v) is 6.09. The van der Waals surface area contributed by atoms with E-state index < -0.39 is 0 Å². The molecule has 54 valence electrons. The number of hydrogen-bond donors (Lipinski definition) is 2. The summed E-state index contributed by atoms with van der Waals surface area (Å²) in [6.45, 7) is 4.20. The summed E-state index contributed by atoms with van der Waals surface area (Å²) in [5.74, 6) is 0. The van der Waals surface area contributed by atoms with E-state index in [1.165, 1.54) is 0 Å². The normalized spacial score (nSPS) is 34.7. The van der Waals surface area contributed by atoms with Crippen LogP contribution < -0.4 is 5.32 Å². The van der Waals surface area contributed by atoms with Crippen LogP contribution in [0.5, 0.6) is 0 Å². The van der Waals surface area contributed by atoms with Gasteiger partial charge in [0.05, 0.1) is 6.10 Å². The average Bonchev–Trinajstić information content (AvgIpc) is 1.79. The molecule has 2 heteroatoms. The summed E-state index contributed by atoms with van der Waals surface area (Å²) in [5.41, 5.74) is 0. The summed E-state index contributed by atoms with van der Waals surface area (Å²) >= 11 is 0. The van der Waals surface area contributed by atoms with Crippen LogP contribution in [0.25, 0.3) is 0 Å². The standard InChI is InChI=1S/C7H15NO/c1-5(2)8-6-3-4-7(6)9/h5-9H,3-4H2,1-2H3. The molecule has 2 atom stereocenters. The van der Waals surface area contributed by atoms with Gasteiger partial charge in [0.15, 0.2) is 0 Å². The first kappa shape index (κ1) is 7.03. The molecule has 2 unspecified atom stereocenters. The minimum atomic E-state index is -0.0765. The number of rotatable bonds is 2. The Hall–Kier alpha value is -0.0800. The zero-order chi connectivity index (χ0) is 6.85. The second kappa shape index (κ2) is 2.67. The van der Waals surface area contributed by atoms with Crippen molar-refractivity contribution in [2.45, 2.75) is 44.9 Å². The molecule has 1 fully saturated rings. The van der Waals surface area contributed by atoms with E-state index in [1.54, 1.807) is 0 Å². The van der Waals surface area contributed by atoms with Gasteiger partial charge in [-0.2, -0.15) is 0 Å². The molecule has 2 N–H and O–H groups in total. The van der Waals surface area contributed by atoms with Gasteiger partial charge < -0.3 is 10.4 Å². The fourth-order valence-electron chi connectivity index (χ4n) is 1.10. The van der Waals surface area contributed by atoms with Gasteiger partial charge in [0.25, 0.3) is 0 Å². The fraction of sp³-hybridized carbons (Fsp3) is 1.00. The predicted octanol–water partition coefficient (Wildman–Crippen LogP) is 0.508. The van der Waals surface area contributed by atoms with Crippen molar-refractivity contribution in [3.8, 4) is 0 Å². The highest BCUT2D eigenvalue weighted by atomic mass is 16.3. The van der Waals surface area contributed by atoms with E-state index in [4.69, 9.17) is 5.11 Å². The van der Waals surface area contributed by atoms with Gasteiger partial charge >= 0.3 is 0 Å². The van der Waals surface area contributed by atoms with Crippen LogP contribution in [0.1, 0.15) is 26.7 Å². The highest BCUT2D eigenvalue weighted by Gasteiger charge is 2.28. The van der Waals surface area contributed by atoms with E-state index in [1.807, 2.05) is 0 Å². The quantitative estimate of drug-likeness (QED) is 0.569. The molecule has 0 aromatic carbocycles. The topological polar surface area (TPSA) is 32.3 Å².